The molecule has 168 valence electrons. The molecule has 1 amide bonds. The van der Waals surface area contributed by atoms with Crippen LogP contribution >= 0.6 is 11.3 Å². The molecule has 1 N–H and O–H groups in total. The lowest BCUT2D eigenvalue weighted by Gasteiger charge is -2.34. The van der Waals surface area contributed by atoms with Crippen LogP contribution in [0.15, 0.2) is 30.5 Å². The minimum Gasteiger partial charge on any atom is -0.379 e. The van der Waals surface area contributed by atoms with Crippen molar-refractivity contribution >= 4 is 33.8 Å². The van der Waals surface area contributed by atoms with Crippen molar-refractivity contribution in [2.75, 3.05) is 38.2 Å². The summed E-state index contributed by atoms with van der Waals surface area (Å²) in [5.74, 6) is 1.48. The van der Waals surface area contributed by atoms with Crippen LogP contribution in [-0.2, 0) is 9.53 Å². The third-order valence-corrected chi connectivity index (χ3v) is 7.47. The monoisotopic (exact) mass is 451 g/mol. The number of hydrogen-bond acceptors (Lipinski definition) is 7. The summed E-state index contributed by atoms with van der Waals surface area (Å²) in [4.78, 5) is 19.9. The molecule has 3 heterocycles. The summed E-state index contributed by atoms with van der Waals surface area (Å²) >= 11 is 1.58. The highest BCUT2D eigenvalue weighted by atomic mass is 32.1. The molecule has 3 aromatic rings. The van der Waals surface area contributed by atoms with Gasteiger partial charge in [0, 0.05) is 42.7 Å². The molecule has 0 atom stereocenters. The number of aryl methyl sites for hydroxylation is 1. The second kappa shape index (κ2) is 9.60. The van der Waals surface area contributed by atoms with Crippen LogP contribution < -0.4 is 5.32 Å². The Labute approximate surface area is 192 Å². The van der Waals surface area contributed by atoms with E-state index in [0.29, 0.717) is 11.7 Å². The maximum absolute atomic E-state index is 12.9. The number of amides is 1. The predicted molar refractivity (Wildman–Crippen MR) is 127 cm³/mol. The van der Waals surface area contributed by atoms with Gasteiger partial charge >= 0.3 is 0 Å². The minimum absolute atomic E-state index is 0.0733. The first-order chi connectivity index (χ1) is 15.6. The number of carbonyl (C=O) groups excluding carboxylic acids is 1. The molecule has 8 heteroatoms. The molecule has 32 heavy (non-hydrogen) atoms. The van der Waals surface area contributed by atoms with Gasteiger partial charge in [0.05, 0.1) is 13.2 Å². The topological polar surface area (TPSA) is 80.2 Å². The van der Waals surface area contributed by atoms with Crippen molar-refractivity contribution < 1.29 is 9.53 Å². The lowest BCUT2D eigenvalue weighted by Crippen LogP contribution is -2.40. The maximum Gasteiger partial charge on any atom is 0.228 e. The number of hydrogen-bond donors (Lipinski definition) is 1. The molecule has 0 radical (unpaired) electrons. The summed E-state index contributed by atoms with van der Waals surface area (Å²) in [5.41, 5.74) is 1.03. The summed E-state index contributed by atoms with van der Waals surface area (Å²) in [6.45, 7) is 6.86. The van der Waals surface area contributed by atoms with Gasteiger partial charge in [0.2, 0.25) is 5.91 Å². The van der Waals surface area contributed by atoms with Gasteiger partial charge in [-0.3, -0.25) is 9.69 Å². The number of morpholine rings is 1. The van der Waals surface area contributed by atoms with Crippen LogP contribution in [0.25, 0.3) is 21.3 Å². The van der Waals surface area contributed by atoms with Crippen molar-refractivity contribution in [3.05, 3.63) is 35.5 Å². The van der Waals surface area contributed by atoms with Crippen molar-refractivity contribution in [2.24, 2.45) is 11.8 Å². The van der Waals surface area contributed by atoms with E-state index in [1.54, 1.807) is 11.3 Å². The molecule has 7 nitrogen and oxygen atoms in total. The van der Waals surface area contributed by atoms with Gasteiger partial charge in [-0.1, -0.05) is 23.5 Å². The third-order valence-electron chi connectivity index (χ3n) is 6.58. The number of ether oxygens (including phenoxy) is 1. The largest absolute Gasteiger partial charge is 0.379 e. The van der Waals surface area contributed by atoms with Gasteiger partial charge in [-0.15, -0.1) is 10.2 Å². The second-order valence-electron chi connectivity index (χ2n) is 8.88. The van der Waals surface area contributed by atoms with E-state index in [0.717, 1.165) is 84.9 Å². The highest BCUT2D eigenvalue weighted by Gasteiger charge is 2.28. The zero-order valence-corrected chi connectivity index (χ0v) is 19.2. The zero-order chi connectivity index (χ0) is 21.9. The van der Waals surface area contributed by atoms with E-state index in [-0.39, 0.29) is 11.8 Å². The highest BCUT2D eigenvalue weighted by Crippen LogP contribution is 2.31. The first-order valence-electron chi connectivity index (χ1n) is 11.5. The zero-order valence-electron chi connectivity index (χ0n) is 18.4. The number of benzene rings is 1. The minimum atomic E-state index is 0.0733. The molecule has 2 fully saturated rings. The van der Waals surface area contributed by atoms with E-state index < -0.39 is 0 Å². The van der Waals surface area contributed by atoms with Crippen molar-refractivity contribution in [3.63, 3.8) is 0 Å². The molecule has 1 saturated carbocycles. The molecule has 0 bridgehead atoms. The average Bonchev–Trinajstić information content (AvgIpc) is 3.26. The van der Waals surface area contributed by atoms with Gasteiger partial charge in [0.1, 0.15) is 15.8 Å². The SMILES string of the molecule is Cc1nnc(-c2ccc3cnc(NC(=O)C4CCC(CN5CCOCC5)CC4)cc3c2)s1. The van der Waals surface area contributed by atoms with Crippen LogP contribution in [0, 0.1) is 18.8 Å². The third kappa shape index (κ3) is 4.98. The predicted octanol–water partition coefficient (Wildman–Crippen LogP) is 4.14. The normalized spacial score (nSPS) is 22.2. The number of anilines is 1. The summed E-state index contributed by atoms with van der Waals surface area (Å²) in [5, 5.41) is 15.3. The fourth-order valence-electron chi connectivity index (χ4n) is 4.74. The molecule has 0 unspecified atom stereocenters. The Morgan fingerprint density at radius 1 is 1.12 bits per heavy atom. The van der Waals surface area contributed by atoms with E-state index in [4.69, 9.17) is 4.74 Å². The Morgan fingerprint density at radius 3 is 2.69 bits per heavy atom. The fraction of sp³-hybridized carbons (Fsp3) is 0.500. The first kappa shape index (κ1) is 21.4. The molecular weight excluding hydrogens is 422 g/mol. The standard InChI is InChI=1S/C24H29N5O2S/c1-16-27-28-24(32-16)19-6-7-20-14-25-22(13-21(20)12-19)26-23(30)18-4-2-17(3-5-18)15-29-8-10-31-11-9-29/h6-7,12-14,17-18H,2-5,8-11,15H2,1H3,(H,25,26,30). The van der Waals surface area contributed by atoms with Crippen LogP contribution in [-0.4, -0.2) is 58.8 Å². The van der Waals surface area contributed by atoms with E-state index >= 15 is 0 Å². The molecule has 1 aliphatic carbocycles. The van der Waals surface area contributed by atoms with Gasteiger partial charge in [-0.2, -0.15) is 0 Å². The Balaban J connectivity index is 1.20. The summed E-state index contributed by atoms with van der Waals surface area (Å²) < 4.78 is 5.44. The van der Waals surface area contributed by atoms with Gasteiger partial charge in [-0.05, 0) is 56.0 Å². The Kier molecular flexibility index (Phi) is 6.43. The Morgan fingerprint density at radius 2 is 1.94 bits per heavy atom. The van der Waals surface area contributed by atoms with Crippen molar-refractivity contribution in [1.82, 2.24) is 20.1 Å². The van der Waals surface area contributed by atoms with E-state index in [2.05, 4.69) is 31.5 Å². The number of pyridine rings is 1. The van der Waals surface area contributed by atoms with Crippen molar-refractivity contribution in [1.29, 1.82) is 0 Å². The molecule has 1 aliphatic heterocycles. The number of aromatic nitrogens is 3. The van der Waals surface area contributed by atoms with E-state index in [1.165, 1.54) is 0 Å². The molecule has 1 aromatic carbocycles. The summed E-state index contributed by atoms with van der Waals surface area (Å²) in [6.07, 6.45) is 5.96. The summed E-state index contributed by atoms with van der Waals surface area (Å²) in [6, 6.07) is 8.12. The van der Waals surface area contributed by atoms with Crippen LogP contribution in [0.5, 0.6) is 0 Å². The highest BCUT2D eigenvalue weighted by molar-refractivity contribution is 7.14. The van der Waals surface area contributed by atoms with Gasteiger partial charge in [0.15, 0.2) is 0 Å². The Hall–Kier alpha value is -2.42. The average molecular weight is 452 g/mol. The lowest BCUT2D eigenvalue weighted by atomic mass is 9.81. The number of nitrogens with one attached hydrogen (secondary N) is 1. The van der Waals surface area contributed by atoms with Crippen molar-refractivity contribution in [2.45, 2.75) is 32.6 Å². The summed E-state index contributed by atoms with van der Waals surface area (Å²) in [7, 11) is 0. The van der Waals surface area contributed by atoms with E-state index in [9.17, 15) is 4.79 Å². The number of carbonyl (C=O) groups is 1. The molecule has 5 rings (SSSR count). The first-order valence-corrected chi connectivity index (χ1v) is 12.3. The fourth-order valence-corrected chi connectivity index (χ4v) is 5.43. The van der Waals surface area contributed by atoms with Crippen LogP contribution in [0.1, 0.15) is 30.7 Å². The van der Waals surface area contributed by atoms with Crippen molar-refractivity contribution in [3.8, 4) is 10.6 Å². The lowest BCUT2D eigenvalue weighted by molar-refractivity contribution is -0.121. The van der Waals surface area contributed by atoms with E-state index in [1.807, 2.05) is 31.3 Å². The Bertz CT molecular complexity index is 1090. The van der Waals surface area contributed by atoms with Crippen LogP contribution in [0.3, 0.4) is 0 Å². The number of nitrogens with zero attached hydrogens (tertiary/aromatic N) is 4. The van der Waals surface area contributed by atoms with Gasteiger partial charge in [-0.25, -0.2) is 4.98 Å². The second-order valence-corrected chi connectivity index (χ2v) is 10.1. The van der Waals surface area contributed by atoms with Gasteiger partial charge < -0.3 is 10.1 Å². The molecule has 1 saturated heterocycles. The smallest absolute Gasteiger partial charge is 0.228 e. The molecule has 2 aromatic heterocycles. The molecule has 0 spiro atoms. The van der Waals surface area contributed by atoms with Crippen LogP contribution in [0.4, 0.5) is 5.82 Å². The van der Waals surface area contributed by atoms with Gasteiger partial charge in [0.25, 0.3) is 0 Å². The molecule has 2 aliphatic rings. The number of fused-ring (bicyclic) bond motifs is 1. The maximum atomic E-state index is 12.9. The van der Waals surface area contributed by atoms with Crippen LogP contribution in [0.2, 0.25) is 0 Å². The number of rotatable bonds is 5. The quantitative estimate of drug-likeness (QED) is 0.628. The molecular formula is C24H29N5O2S.